The van der Waals surface area contributed by atoms with Crippen molar-refractivity contribution in [3.8, 4) is 0 Å². The number of phosphoric acid groups is 2. The Bertz CT molecular complexity index is 1520. The summed E-state index contributed by atoms with van der Waals surface area (Å²) in [6.45, 7) is -1.90. The van der Waals surface area contributed by atoms with E-state index in [1.54, 1.807) is 0 Å². The van der Waals surface area contributed by atoms with Gasteiger partial charge in [0, 0.05) is 18.5 Å². The van der Waals surface area contributed by atoms with Gasteiger partial charge in [0.05, 0.1) is 13.2 Å². The van der Waals surface area contributed by atoms with Gasteiger partial charge in [-0.05, 0) is 6.07 Å². The third kappa shape index (κ3) is 7.24. The van der Waals surface area contributed by atoms with Gasteiger partial charge in [-0.2, -0.15) is 4.98 Å². The number of rotatable bonds is 10. The summed E-state index contributed by atoms with van der Waals surface area (Å²) in [5.41, 5.74) is 2.71. The highest BCUT2D eigenvalue weighted by molar-refractivity contribution is 7.47. The normalized spacial score (nSPS) is 31.8. The summed E-state index contributed by atoms with van der Waals surface area (Å²) in [5.74, 6) is -0.171. The number of aromatic amines is 1. The van der Waals surface area contributed by atoms with Gasteiger partial charge in [-0.1, -0.05) is 0 Å². The van der Waals surface area contributed by atoms with E-state index in [9.17, 15) is 43.7 Å². The van der Waals surface area contributed by atoms with Gasteiger partial charge >= 0.3 is 27.0 Å². The third-order valence-corrected chi connectivity index (χ3v) is 7.43. The van der Waals surface area contributed by atoms with Crippen LogP contribution in [0.2, 0.25) is 0 Å². The van der Waals surface area contributed by atoms with Crippen molar-refractivity contribution in [2.24, 2.45) is 0 Å². The van der Waals surface area contributed by atoms with E-state index in [1.165, 1.54) is 6.07 Å². The van der Waals surface area contributed by atoms with E-state index in [0.717, 1.165) is 27.6 Å². The number of phosphoric ester groups is 2. The molecule has 2 aromatic rings. The van der Waals surface area contributed by atoms with Crippen LogP contribution >= 0.6 is 15.6 Å². The van der Waals surface area contributed by atoms with E-state index in [0.29, 0.717) is 0 Å². The topological polar surface area (TPSA) is 317 Å². The first-order valence-corrected chi connectivity index (χ1v) is 14.5. The van der Waals surface area contributed by atoms with Crippen molar-refractivity contribution in [1.82, 2.24) is 19.1 Å². The summed E-state index contributed by atoms with van der Waals surface area (Å²) in [4.78, 5) is 69.3. The quantitative estimate of drug-likeness (QED) is 0.116. The Kier molecular flexibility index (Phi) is 9.12. The summed E-state index contributed by atoms with van der Waals surface area (Å²) in [7, 11) is -10.3. The number of nitrogens with one attached hydrogen (secondary N) is 1. The highest BCUT2D eigenvalue weighted by Gasteiger charge is 2.51. The standard InChI is InChI=1S/C18H25N5O16P2/c19-9-1-3-22(17(28)20-9)16-13(27)14(8(38-16)6-35-40(30,31)32)39-41(33,34)36-5-7-11(25)12(26)15(37-7)23-4-2-10(24)21-18(23)29/h1-4,7-8,11-16,25-27H,5-6H2,(H,33,34)(H2,19,20,28)(H,21,24,29)(H2,30,31,32)/t7-,8-,11-,12-,13-,14-,15-,16-/m1/s1. The van der Waals surface area contributed by atoms with Gasteiger partial charge in [-0.25, -0.2) is 18.7 Å². The second-order valence-corrected chi connectivity index (χ2v) is 11.4. The minimum atomic E-state index is -5.23. The molecule has 4 rings (SSSR count). The fourth-order valence-electron chi connectivity index (χ4n) is 4.08. The Morgan fingerprint density at radius 1 is 0.902 bits per heavy atom. The minimum absolute atomic E-state index is 0.171. The predicted octanol–water partition coefficient (Wildman–Crippen LogP) is -4.14. The number of ether oxygens (including phenoxy) is 2. The van der Waals surface area contributed by atoms with Gasteiger partial charge in [-0.3, -0.25) is 32.5 Å². The number of nitrogen functional groups attached to an aromatic ring is 1. The van der Waals surface area contributed by atoms with Crippen molar-refractivity contribution in [3.05, 3.63) is 55.8 Å². The van der Waals surface area contributed by atoms with Crippen molar-refractivity contribution >= 4 is 21.5 Å². The molecule has 1 unspecified atom stereocenters. The first-order chi connectivity index (χ1) is 19.1. The number of nitrogens with two attached hydrogens (primary N) is 1. The Hall–Kier alpha value is -2.62. The molecule has 0 aromatic carbocycles. The van der Waals surface area contributed by atoms with Crippen LogP contribution in [-0.4, -0.2) is 98.9 Å². The summed E-state index contributed by atoms with van der Waals surface area (Å²) >= 11 is 0. The van der Waals surface area contributed by atoms with Crippen LogP contribution in [0.25, 0.3) is 0 Å². The van der Waals surface area contributed by atoms with Crippen LogP contribution in [0, 0.1) is 0 Å². The number of hydrogen-bond acceptors (Lipinski definition) is 15. The van der Waals surface area contributed by atoms with E-state index in [2.05, 4.69) is 9.51 Å². The van der Waals surface area contributed by atoms with E-state index >= 15 is 0 Å². The Morgan fingerprint density at radius 3 is 2.15 bits per heavy atom. The molecule has 2 saturated heterocycles. The molecule has 41 heavy (non-hydrogen) atoms. The van der Waals surface area contributed by atoms with Gasteiger partial charge in [0.15, 0.2) is 12.5 Å². The molecule has 0 aliphatic carbocycles. The zero-order valence-electron chi connectivity index (χ0n) is 20.4. The second kappa shape index (κ2) is 11.9. The molecule has 0 saturated carbocycles. The van der Waals surface area contributed by atoms with Crippen molar-refractivity contribution < 1.29 is 62.2 Å². The first kappa shape index (κ1) is 31.3. The lowest BCUT2D eigenvalue weighted by atomic mass is 10.1. The highest BCUT2D eigenvalue weighted by atomic mass is 31.2. The Labute approximate surface area is 227 Å². The maximum atomic E-state index is 12.8. The monoisotopic (exact) mass is 629 g/mol. The number of hydrogen-bond donors (Lipinski definition) is 8. The molecule has 4 heterocycles. The number of aliphatic hydroxyl groups is 3. The zero-order valence-corrected chi connectivity index (χ0v) is 22.2. The van der Waals surface area contributed by atoms with Crippen molar-refractivity contribution in [3.63, 3.8) is 0 Å². The van der Waals surface area contributed by atoms with Crippen molar-refractivity contribution in [1.29, 1.82) is 0 Å². The number of H-pyrrole nitrogens is 1. The Morgan fingerprint density at radius 2 is 1.51 bits per heavy atom. The fraction of sp³-hybridized carbons (Fsp3) is 0.556. The van der Waals surface area contributed by atoms with Crippen LogP contribution in [0.5, 0.6) is 0 Å². The number of nitrogens with zero attached hydrogens (tertiary/aromatic N) is 3. The SMILES string of the molecule is Nc1ccn([C@@H]2O[C@H](COP(=O)(O)O)[C@@H](OP(=O)(O)OC[C@H]3O[C@@H](n4ccc(=O)[nH]c4=O)[C@H](O)[C@@H]3O)[C@H]2O)c(=O)n1. The van der Waals surface area contributed by atoms with Crippen LogP contribution in [0.4, 0.5) is 5.82 Å². The maximum Gasteiger partial charge on any atom is 0.472 e. The van der Waals surface area contributed by atoms with E-state index in [1.807, 2.05) is 4.98 Å². The largest absolute Gasteiger partial charge is 0.472 e. The summed E-state index contributed by atoms with van der Waals surface area (Å²) in [5, 5.41) is 31.4. The van der Waals surface area contributed by atoms with Gasteiger partial charge in [0.2, 0.25) is 0 Å². The van der Waals surface area contributed by atoms with Crippen molar-refractivity contribution in [2.45, 2.75) is 49.1 Å². The van der Waals surface area contributed by atoms with E-state index in [4.69, 9.17) is 34.0 Å². The highest BCUT2D eigenvalue weighted by Crippen LogP contribution is 2.49. The number of aromatic nitrogens is 4. The molecule has 2 aliphatic rings. The average molecular weight is 629 g/mol. The molecule has 21 nitrogen and oxygen atoms in total. The van der Waals surface area contributed by atoms with Crippen LogP contribution in [-0.2, 0) is 32.2 Å². The molecule has 2 fully saturated rings. The van der Waals surface area contributed by atoms with Gasteiger partial charge in [0.25, 0.3) is 5.56 Å². The third-order valence-electron chi connectivity index (χ3n) is 5.96. The summed E-state index contributed by atoms with van der Waals surface area (Å²) in [6.07, 6.45) is -11.6. The van der Waals surface area contributed by atoms with Crippen molar-refractivity contribution in [2.75, 3.05) is 18.9 Å². The molecule has 0 bridgehead atoms. The van der Waals surface area contributed by atoms with Gasteiger partial charge in [-0.15, -0.1) is 0 Å². The molecule has 23 heteroatoms. The lowest BCUT2D eigenvalue weighted by molar-refractivity contribution is -0.0611. The fourth-order valence-corrected chi connectivity index (χ4v) is 5.39. The van der Waals surface area contributed by atoms with Crippen LogP contribution in [0.1, 0.15) is 12.5 Å². The van der Waals surface area contributed by atoms with Crippen LogP contribution in [0.15, 0.2) is 38.9 Å². The van der Waals surface area contributed by atoms with E-state index < -0.39 is 94.9 Å². The molecule has 228 valence electrons. The molecule has 9 atom stereocenters. The minimum Gasteiger partial charge on any atom is -0.387 e. The predicted molar refractivity (Wildman–Crippen MR) is 129 cm³/mol. The number of anilines is 1. The summed E-state index contributed by atoms with van der Waals surface area (Å²) in [6, 6.07) is 2.12. The maximum absolute atomic E-state index is 12.8. The molecule has 9 N–H and O–H groups in total. The average Bonchev–Trinajstić information content (AvgIpc) is 3.31. The van der Waals surface area contributed by atoms with E-state index in [-0.39, 0.29) is 5.82 Å². The molecular formula is C18H25N5O16P2. The lowest BCUT2D eigenvalue weighted by Gasteiger charge is -2.24. The molecule has 2 aliphatic heterocycles. The van der Waals surface area contributed by atoms with Crippen LogP contribution < -0.4 is 22.7 Å². The zero-order chi connectivity index (χ0) is 30.3. The second-order valence-electron chi connectivity index (χ2n) is 8.78. The first-order valence-electron chi connectivity index (χ1n) is 11.4. The number of aliphatic hydroxyl groups excluding tert-OH is 3. The molecular weight excluding hydrogens is 604 g/mol. The lowest BCUT2D eigenvalue weighted by Crippen LogP contribution is -2.38. The van der Waals surface area contributed by atoms with Gasteiger partial charge < -0.3 is 45.2 Å². The van der Waals surface area contributed by atoms with Gasteiger partial charge in [0.1, 0.15) is 42.4 Å². The smallest absolute Gasteiger partial charge is 0.387 e. The summed E-state index contributed by atoms with van der Waals surface area (Å²) < 4.78 is 50.4. The molecule has 0 radical (unpaired) electrons. The Balaban J connectivity index is 1.48. The van der Waals surface area contributed by atoms with Crippen LogP contribution in [0.3, 0.4) is 0 Å². The molecule has 2 aromatic heterocycles. The molecule has 0 spiro atoms. The molecule has 0 amide bonds.